The van der Waals surface area contributed by atoms with Crippen LogP contribution in [0, 0.1) is 0 Å². The molecule has 2 rings (SSSR count). The third-order valence-electron chi connectivity index (χ3n) is 2.47. The largest absolute Gasteiger partial charge is 0.477 e. The summed E-state index contributed by atoms with van der Waals surface area (Å²) in [5.74, 6) is 0.642. The second kappa shape index (κ2) is 6.01. The van der Waals surface area contributed by atoms with Crippen molar-refractivity contribution in [1.82, 2.24) is 4.98 Å². The van der Waals surface area contributed by atoms with Crippen LogP contribution in [0.2, 0.25) is 0 Å². The van der Waals surface area contributed by atoms with Crippen LogP contribution in [-0.4, -0.2) is 11.6 Å². The van der Waals surface area contributed by atoms with Crippen LogP contribution in [0.15, 0.2) is 48.5 Å². The minimum Gasteiger partial charge on any atom is -0.477 e. The number of rotatable bonds is 5. The summed E-state index contributed by atoms with van der Waals surface area (Å²) in [6.45, 7) is 1.07. The number of benzene rings is 1. The number of hydrogen-bond donors (Lipinski definition) is 1. The Kier molecular flexibility index (Phi) is 4.11. The molecule has 1 aromatic carbocycles. The average Bonchev–Trinajstić information content (AvgIpc) is 2.40. The van der Waals surface area contributed by atoms with Gasteiger partial charge in [0.05, 0.1) is 12.3 Å². The SMILES string of the molecule is NCc1cccc(OCCc2ccccc2)n1. The van der Waals surface area contributed by atoms with Crippen LogP contribution < -0.4 is 10.5 Å². The molecule has 0 radical (unpaired) electrons. The summed E-state index contributed by atoms with van der Waals surface area (Å²) < 4.78 is 5.59. The zero-order chi connectivity index (χ0) is 11.9. The molecular formula is C14H16N2O. The molecule has 1 aromatic heterocycles. The fraction of sp³-hybridized carbons (Fsp3) is 0.214. The van der Waals surface area contributed by atoms with Crippen LogP contribution >= 0.6 is 0 Å². The molecular weight excluding hydrogens is 212 g/mol. The number of hydrogen-bond acceptors (Lipinski definition) is 3. The summed E-state index contributed by atoms with van der Waals surface area (Å²) in [6.07, 6.45) is 0.884. The number of pyridine rings is 1. The lowest BCUT2D eigenvalue weighted by Gasteiger charge is -2.06. The fourth-order valence-corrected chi connectivity index (χ4v) is 1.57. The van der Waals surface area contributed by atoms with E-state index in [1.54, 1.807) is 0 Å². The van der Waals surface area contributed by atoms with Crippen LogP contribution in [-0.2, 0) is 13.0 Å². The quantitative estimate of drug-likeness (QED) is 0.853. The molecule has 0 aliphatic heterocycles. The van der Waals surface area contributed by atoms with Gasteiger partial charge in [-0.1, -0.05) is 36.4 Å². The highest BCUT2D eigenvalue weighted by Crippen LogP contribution is 2.08. The number of nitrogens with two attached hydrogens (primary N) is 1. The molecule has 2 N–H and O–H groups in total. The van der Waals surface area contributed by atoms with Crippen molar-refractivity contribution in [2.75, 3.05) is 6.61 Å². The van der Waals surface area contributed by atoms with E-state index in [1.807, 2.05) is 36.4 Å². The van der Waals surface area contributed by atoms with E-state index in [1.165, 1.54) is 5.56 Å². The molecule has 0 unspecified atom stereocenters. The van der Waals surface area contributed by atoms with Gasteiger partial charge in [0.1, 0.15) is 0 Å². The molecule has 0 bridgehead atoms. The van der Waals surface area contributed by atoms with Gasteiger partial charge in [-0.15, -0.1) is 0 Å². The van der Waals surface area contributed by atoms with Gasteiger partial charge in [0.2, 0.25) is 5.88 Å². The van der Waals surface area contributed by atoms with Crippen LogP contribution in [0.5, 0.6) is 5.88 Å². The summed E-state index contributed by atoms with van der Waals surface area (Å²) in [5, 5.41) is 0. The van der Waals surface area contributed by atoms with Gasteiger partial charge in [-0.05, 0) is 11.6 Å². The van der Waals surface area contributed by atoms with Gasteiger partial charge in [0, 0.05) is 19.0 Å². The molecule has 0 amide bonds. The Labute approximate surface area is 101 Å². The zero-order valence-electron chi connectivity index (χ0n) is 9.67. The Bertz CT molecular complexity index is 457. The van der Waals surface area contributed by atoms with Crippen LogP contribution in [0.3, 0.4) is 0 Å². The Hall–Kier alpha value is -1.87. The molecule has 3 heteroatoms. The average molecular weight is 228 g/mol. The molecule has 0 saturated heterocycles. The number of aromatic nitrogens is 1. The molecule has 17 heavy (non-hydrogen) atoms. The molecule has 1 heterocycles. The molecule has 88 valence electrons. The predicted molar refractivity (Wildman–Crippen MR) is 67.8 cm³/mol. The van der Waals surface area contributed by atoms with E-state index < -0.39 is 0 Å². The maximum absolute atomic E-state index is 5.59. The van der Waals surface area contributed by atoms with Crippen molar-refractivity contribution in [3.8, 4) is 5.88 Å². The van der Waals surface area contributed by atoms with Gasteiger partial charge in [-0.2, -0.15) is 0 Å². The molecule has 0 saturated carbocycles. The topological polar surface area (TPSA) is 48.1 Å². The van der Waals surface area contributed by atoms with E-state index in [-0.39, 0.29) is 0 Å². The third kappa shape index (κ3) is 3.57. The van der Waals surface area contributed by atoms with Gasteiger partial charge in [0.25, 0.3) is 0 Å². The molecule has 0 spiro atoms. The first-order valence-corrected chi connectivity index (χ1v) is 5.71. The molecule has 0 fully saturated rings. The van der Waals surface area contributed by atoms with E-state index in [0.29, 0.717) is 19.0 Å². The highest BCUT2D eigenvalue weighted by Gasteiger charge is 1.97. The standard InChI is InChI=1S/C14H16N2O/c15-11-13-7-4-8-14(16-13)17-10-9-12-5-2-1-3-6-12/h1-8H,9-11,15H2. The highest BCUT2D eigenvalue weighted by atomic mass is 16.5. The summed E-state index contributed by atoms with van der Waals surface area (Å²) >= 11 is 0. The molecule has 0 aliphatic carbocycles. The molecule has 2 aromatic rings. The molecule has 3 nitrogen and oxygen atoms in total. The van der Waals surface area contributed by atoms with E-state index in [4.69, 9.17) is 10.5 Å². The third-order valence-corrected chi connectivity index (χ3v) is 2.47. The zero-order valence-corrected chi connectivity index (χ0v) is 9.67. The minimum atomic E-state index is 0.440. The lowest BCUT2D eigenvalue weighted by molar-refractivity contribution is 0.308. The monoisotopic (exact) mass is 228 g/mol. The van der Waals surface area contributed by atoms with E-state index >= 15 is 0 Å². The minimum absolute atomic E-state index is 0.440. The molecule has 0 atom stereocenters. The first-order valence-electron chi connectivity index (χ1n) is 5.71. The lowest BCUT2D eigenvalue weighted by atomic mass is 10.2. The van der Waals surface area contributed by atoms with Crippen LogP contribution in [0.25, 0.3) is 0 Å². The second-order valence-electron chi connectivity index (χ2n) is 3.76. The second-order valence-corrected chi connectivity index (χ2v) is 3.76. The predicted octanol–water partition coefficient (Wildman–Crippen LogP) is 2.16. The van der Waals surface area contributed by atoms with Crippen LogP contribution in [0.4, 0.5) is 0 Å². The van der Waals surface area contributed by atoms with Gasteiger partial charge in [0.15, 0.2) is 0 Å². The van der Waals surface area contributed by atoms with E-state index in [2.05, 4.69) is 17.1 Å². The Morgan fingerprint density at radius 2 is 1.82 bits per heavy atom. The maximum atomic E-state index is 5.59. The van der Waals surface area contributed by atoms with Gasteiger partial charge < -0.3 is 10.5 Å². The van der Waals surface area contributed by atoms with Crippen molar-refractivity contribution in [3.05, 3.63) is 59.8 Å². The van der Waals surface area contributed by atoms with Crippen molar-refractivity contribution in [3.63, 3.8) is 0 Å². The van der Waals surface area contributed by atoms with Crippen molar-refractivity contribution in [1.29, 1.82) is 0 Å². The van der Waals surface area contributed by atoms with E-state index in [0.717, 1.165) is 12.1 Å². The van der Waals surface area contributed by atoms with Crippen molar-refractivity contribution >= 4 is 0 Å². The summed E-state index contributed by atoms with van der Waals surface area (Å²) in [4.78, 5) is 4.28. The number of nitrogens with zero attached hydrogens (tertiary/aromatic N) is 1. The van der Waals surface area contributed by atoms with Gasteiger partial charge in [-0.3, -0.25) is 0 Å². The van der Waals surface area contributed by atoms with Crippen molar-refractivity contribution in [2.24, 2.45) is 5.73 Å². The molecule has 0 aliphatic rings. The number of ether oxygens (including phenoxy) is 1. The fourth-order valence-electron chi connectivity index (χ4n) is 1.57. The van der Waals surface area contributed by atoms with E-state index in [9.17, 15) is 0 Å². The van der Waals surface area contributed by atoms with Crippen molar-refractivity contribution < 1.29 is 4.74 Å². The van der Waals surface area contributed by atoms with Crippen molar-refractivity contribution in [2.45, 2.75) is 13.0 Å². The Morgan fingerprint density at radius 3 is 2.59 bits per heavy atom. The summed E-state index contributed by atoms with van der Waals surface area (Å²) in [5.41, 5.74) is 7.64. The summed E-state index contributed by atoms with van der Waals surface area (Å²) in [7, 11) is 0. The Balaban J connectivity index is 1.86. The van der Waals surface area contributed by atoms with Gasteiger partial charge >= 0.3 is 0 Å². The maximum Gasteiger partial charge on any atom is 0.213 e. The van der Waals surface area contributed by atoms with Crippen LogP contribution in [0.1, 0.15) is 11.3 Å². The first-order chi connectivity index (χ1) is 8.38. The highest BCUT2D eigenvalue weighted by molar-refractivity contribution is 5.17. The summed E-state index contributed by atoms with van der Waals surface area (Å²) in [6, 6.07) is 15.9. The lowest BCUT2D eigenvalue weighted by Crippen LogP contribution is -2.05. The van der Waals surface area contributed by atoms with Gasteiger partial charge in [-0.25, -0.2) is 4.98 Å². The normalized spacial score (nSPS) is 10.2. The first kappa shape index (κ1) is 11.6. The Morgan fingerprint density at radius 1 is 1.00 bits per heavy atom. The smallest absolute Gasteiger partial charge is 0.213 e.